The molecule has 1 aliphatic heterocycles. The SMILES string of the molecule is CSCC[C@@H](N)C(=O)N1CCC[C@H](C)C1. The van der Waals surface area contributed by atoms with Crippen LogP contribution in [0.25, 0.3) is 0 Å². The first-order chi connectivity index (χ1) is 7.15. The van der Waals surface area contributed by atoms with Crippen molar-refractivity contribution in [3.05, 3.63) is 0 Å². The van der Waals surface area contributed by atoms with Crippen LogP contribution in [-0.4, -0.2) is 41.9 Å². The van der Waals surface area contributed by atoms with Crippen molar-refractivity contribution in [2.24, 2.45) is 11.7 Å². The fourth-order valence-corrected chi connectivity index (χ4v) is 2.48. The van der Waals surface area contributed by atoms with E-state index >= 15 is 0 Å². The highest BCUT2D eigenvalue weighted by Gasteiger charge is 2.24. The van der Waals surface area contributed by atoms with Crippen molar-refractivity contribution < 1.29 is 4.79 Å². The molecule has 0 spiro atoms. The molecule has 4 heteroatoms. The van der Waals surface area contributed by atoms with Gasteiger partial charge in [-0.15, -0.1) is 0 Å². The van der Waals surface area contributed by atoms with Crippen LogP contribution >= 0.6 is 11.8 Å². The van der Waals surface area contributed by atoms with Gasteiger partial charge in [-0.3, -0.25) is 4.79 Å². The molecule has 1 saturated heterocycles. The second-order valence-corrected chi connectivity index (χ2v) is 5.41. The molecule has 0 radical (unpaired) electrons. The lowest BCUT2D eigenvalue weighted by atomic mass is 9.99. The van der Waals surface area contributed by atoms with Crippen LogP contribution in [0.3, 0.4) is 0 Å². The van der Waals surface area contributed by atoms with Crippen LogP contribution in [0, 0.1) is 5.92 Å². The van der Waals surface area contributed by atoms with Gasteiger partial charge in [-0.05, 0) is 37.2 Å². The van der Waals surface area contributed by atoms with E-state index in [1.165, 1.54) is 6.42 Å². The first kappa shape index (κ1) is 12.8. The van der Waals surface area contributed by atoms with Crippen LogP contribution in [0.4, 0.5) is 0 Å². The summed E-state index contributed by atoms with van der Waals surface area (Å²) in [5.74, 6) is 1.75. The van der Waals surface area contributed by atoms with Gasteiger partial charge in [-0.25, -0.2) is 0 Å². The molecule has 0 aromatic heterocycles. The summed E-state index contributed by atoms with van der Waals surface area (Å²) >= 11 is 1.74. The lowest BCUT2D eigenvalue weighted by Gasteiger charge is -2.32. The average Bonchev–Trinajstić information content (AvgIpc) is 2.24. The molecule has 0 bridgehead atoms. The Morgan fingerprint density at radius 1 is 1.67 bits per heavy atom. The minimum atomic E-state index is -0.289. The molecule has 0 aromatic rings. The molecule has 2 N–H and O–H groups in total. The van der Waals surface area contributed by atoms with Gasteiger partial charge in [0.1, 0.15) is 0 Å². The van der Waals surface area contributed by atoms with Gasteiger partial charge in [-0.1, -0.05) is 6.92 Å². The van der Waals surface area contributed by atoms with Crippen molar-refractivity contribution in [3.63, 3.8) is 0 Å². The van der Waals surface area contributed by atoms with Gasteiger partial charge in [0.05, 0.1) is 6.04 Å². The number of carbonyl (C=O) groups excluding carboxylic acids is 1. The molecule has 0 aliphatic carbocycles. The number of nitrogens with two attached hydrogens (primary N) is 1. The van der Waals surface area contributed by atoms with Crippen molar-refractivity contribution in [3.8, 4) is 0 Å². The summed E-state index contributed by atoms with van der Waals surface area (Å²) in [6, 6.07) is -0.289. The van der Waals surface area contributed by atoms with Gasteiger partial charge in [0.15, 0.2) is 0 Å². The number of likely N-dealkylation sites (tertiary alicyclic amines) is 1. The number of hydrogen-bond donors (Lipinski definition) is 1. The Balaban J connectivity index is 2.37. The number of thioether (sulfide) groups is 1. The fourth-order valence-electron chi connectivity index (χ4n) is 1.99. The summed E-state index contributed by atoms with van der Waals surface area (Å²) in [6.45, 7) is 3.99. The lowest BCUT2D eigenvalue weighted by molar-refractivity contribution is -0.134. The van der Waals surface area contributed by atoms with Crippen LogP contribution in [0.15, 0.2) is 0 Å². The smallest absolute Gasteiger partial charge is 0.239 e. The largest absolute Gasteiger partial charge is 0.341 e. The molecule has 3 nitrogen and oxygen atoms in total. The molecule has 1 aliphatic rings. The van der Waals surface area contributed by atoms with E-state index in [2.05, 4.69) is 6.92 Å². The van der Waals surface area contributed by atoms with E-state index in [1.54, 1.807) is 11.8 Å². The maximum atomic E-state index is 11.9. The minimum absolute atomic E-state index is 0.149. The highest BCUT2D eigenvalue weighted by molar-refractivity contribution is 7.98. The van der Waals surface area contributed by atoms with Crippen molar-refractivity contribution in [2.75, 3.05) is 25.1 Å². The predicted octanol–water partition coefficient (Wildman–Crippen LogP) is 1.33. The van der Waals surface area contributed by atoms with E-state index in [4.69, 9.17) is 5.73 Å². The third kappa shape index (κ3) is 4.03. The molecule has 0 aromatic carbocycles. The maximum Gasteiger partial charge on any atom is 0.239 e. The normalized spacial score (nSPS) is 23.9. The third-order valence-corrected chi connectivity index (χ3v) is 3.56. The number of amides is 1. The zero-order valence-corrected chi connectivity index (χ0v) is 10.6. The van der Waals surface area contributed by atoms with Crippen molar-refractivity contribution in [1.29, 1.82) is 0 Å². The average molecular weight is 230 g/mol. The quantitative estimate of drug-likeness (QED) is 0.792. The van der Waals surface area contributed by atoms with E-state index in [-0.39, 0.29) is 11.9 Å². The Morgan fingerprint density at radius 2 is 2.40 bits per heavy atom. The van der Waals surface area contributed by atoms with Crippen LogP contribution in [-0.2, 0) is 4.79 Å². The van der Waals surface area contributed by atoms with Gasteiger partial charge in [-0.2, -0.15) is 11.8 Å². The molecule has 15 heavy (non-hydrogen) atoms. The van der Waals surface area contributed by atoms with Crippen LogP contribution in [0.5, 0.6) is 0 Å². The van der Waals surface area contributed by atoms with Crippen LogP contribution in [0.2, 0.25) is 0 Å². The standard InChI is InChI=1S/C11H22N2OS/c1-9-4-3-6-13(8-9)11(14)10(12)5-7-15-2/h9-10H,3-8,12H2,1-2H3/t9-,10+/m0/s1. The first-order valence-corrected chi connectivity index (χ1v) is 7.08. The lowest BCUT2D eigenvalue weighted by Crippen LogP contribution is -2.47. The van der Waals surface area contributed by atoms with Crippen molar-refractivity contribution in [2.45, 2.75) is 32.2 Å². The number of hydrogen-bond acceptors (Lipinski definition) is 3. The summed E-state index contributed by atoms with van der Waals surface area (Å²) in [6.07, 6.45) is 5.21. The predicted molar refractivity (Wildman–Crippen MR) is 66.0 cm³/mol. The van der Waals surface area contributed by atoms with E-state index in [0.717, 1.165) is 31.7 Å². The van der Waals surface area contributed by atoms with Crippen LogP contribution < -0.4 is 5.73 Å². The highest BCUT2D eigenvalue weighted by Crippen LogP contribution is 2.16. The second-order valence-electron chi connectivity index (χ2n) is 4.42. The highest BCUT2D eigenvalue weighted by atomic mass is 32.2. The molecule has 1 amide bonds. The van der Waals surface area contributed by atoms with E-state index < -0.39 is 0 Å². The molecule has 88 valence electrons. The molecule has 0 unspecified atom stereocenters. The molecule has 1 fully saturated rings. The Morgan fingerprint density at radius 3 is 3.00 bits per heavy atom. The van der Waals surface area contributed by atoms with Gasteiger partial charge in [0, 0.05) is 13.1 Å². The molecular formula is C11H22N2OS. The second kappa shape index (κ2) is 6.38. The number of rotatable bonds is 4. The van der Waals surface area contributed by atoms with Gasteiger partial charge in [0.25, 0.3) is 0 Å². The van der Waals surface area contributed by atoms with Crippen molar-refractivity contribution in [1.82, 2.24) is 4.90 Å². The molecule has 1 rings (SSSR count). The molecule has 2 atom stereocenters. The topological polar surface area (TPSA) is 46.3 Å². The Bertz CT molecular complexity index is 211. The van der Waals surface area contributed by atoms with Crippen LogP contribution in [0.1, 0.15) is 26.2 Å². The number of nitrogens with zero attached hydrogens (tertiary/aromatic N) is 1. The summed E-state index contributed by atoms with van der Waals surface area (Å²) in [5.41, 5.74) is 5.88. The zero-order chi connectivity index (χ0) is 11.3. The van der Waals surface area contributed by atoms with Crippen molar-refractivity contribution >= 4 is 17.7 Å². The Labute approximate surface area is 96.8 Å². The molecule has 0 saturated carbocycles. The zero-order valence-electron chi connectivity index (χ0n) is 9.74. The molecule has 1 heterocycles. The third-order valence-electron chi connectivity index (χ3n) is 2.92. The number of carbonyl (C=O) groups is 1. The minimum Gasteiger partial charge on any atom is -0.341 e. The fraction of sp³-hybridized carbons (Fsp3) is 0.909. The van der Waals surface area contributed by atoms with Gasteiger partial charge in [0.2, 0.25) is 5.91 Å². The first-order valence-electron chi connectivity index (χ1n) is 5.68. The van der Waals surface area contributed by atoms with E-state index in [0.29, 0.717) is 5.92 Å². The maximum absolute atomic E-state index is 11.9. The summed E-state index contributed by atoms with van der Waals surface area (Å²) in [5, 5.41) is 0. The Hall–Kier alpha value is -0.220. The molecular weight excluding hydrogens is 208 g/mol. The number of piperidine rings is 1. The summed E-state index contributed by atoms with van der Waals surface area (Å²) < 4.78 is 0. The van der Waals surface area contributed by atoms with E-state index in [1.807, 2.05) is 11.2 Å². The van der Waals surface area contributed by atoms with Gasteiger partial charge < -0.3 is 10.6 Å². The summed E-state index contributed by atoms with van der Waals surface area (Å²) in [7, 11) is 0. The van der Waals surface area contributed by atoms with Gasteiger partial charge >= 0.3 is 0 Å². The monoisotopic (exact) mass is 230 g/mol. The summed E-state index contributed by atoms with van der Waals surface area (Å²) in [4.78, 5) is 13.9. The van der Waals surface area contributed by atoms with E-state index in [9.17, 15) is 4.79 Å². The Kier molecular flexibility index (Phi) is 5.47.